The Kier molecular flexibility index (Phi) is 3.54. The molecule has 0 N–H and O–H groups in total. The van der Waals surface area contributed by atoms with Gasteiger partial charge in [-0.2, -0.15) is 0 Å². The first-order valence-corrected chi connectivity index (χ1v) is 7.19. The Balaban J connectivity index is 2.47. The first-order chi connectivity index (χ1) is 8.00. The van der Waals surface area contributed by atoms with Crippen molar-refractivity contribution >= 4 is 26.7 Å². The van der Waals surface area contributed by atoms with Gasteiger partial charge in [-0.1, -0.05) is 17.7 Å². The highest BCUT2D eigenvalue weighted by molar-refractivity contribution is 9.10. The minimum atomic E-state index is -1.20. The average molecular weight is 313 g/mol. The van der Waals surface area contributed by atoms with Crippen molar-refractivity contribution in [1.29, 1.82) is 0 Å². The molecule has 90 valence electrons. The molecule has 1 atom stereocenters. The van der Waals surface area contributed by atoms with Gasteiger partial charge in [-0.15, -0.1) is 0 Å². The van der Waals surface area contributed by atoms with Crippen LogP contribution in [0, 0.1) is 20.8 Å². The predicted octanol–water partition coefficient (Wildman–Crippen LogP) is 4.13. The lowest BCUT2D eigenvalue weighted by molar-refractivity contribution is 0.497. The number of hydrogen-bond donors (Lipinski definition) is 0. The van der Waals surface area contributed by atoms with Gasteiger partial charge in [0.1, 0.15) is 11.5 Å². The zero-order valence-electron chi connectivity index (χ0n) is 9.91. The summed E-state index contributed by atoms with van der Waals surface area (Å²) in [7, 11) is -1.20. The zero-order chi connectivity index (χ0) is 12.6. The highest BCUT2D eigenvalue weighted by atomic mass is 79.9. The molecule has 2 rings (SSSR count). The van der Waals surface area contributed by atoms with Gasteiger partial charge in [0.05, 0.1) is 20.2 Å². The number of rotatable bonds is 2. The molecule has 0 saturated heterocycles. The van der Waals surface area contributed by atoms with E-state index >= 15 is 0 Å². The summed E-state index contributed by atoms with van der Waals surface area (Å²) in [5.41, 5.74) is 1.16. The summed E-state index contributed by atoms with van der Waals surface area (Å²) in [6.07, 6.45) is 0. The van der Waals surface area contributed by atoms with Crippen LogP contribution in [0.1, 0.15) is 17.1 Å². The summed E-state index contributed by atoms with van der Waals surface area (Å²) < 4.78 is 18.7. The molecule has 1 unspecified atom stereocenters. The van der Waals surface area contributed by atoms with E-state index in [1.54, 1.807) is 0 Å². The molecule has 0 amide bonds. The summed E-state index contributed by atoms with van der Waals surface area (Å²) in [4.78, 5) is 1.52. The fourth-order valence-corrected chi connectivity index (χ4v) is 3.66. The van der Waals surface area contributed by atoms with Crippen LogP contribution < -0.4 is 0 Å². The smallest absolute Gasteiger partial charge is 0.118 e. The van der Waals surface area contributed by atoms with Gasteiger partial charge in [-0.05, 0) is 48.8 Å². The average Bonchev–Trinajstić information content (AvgIpc) is 2.53. The Morgan fingerprint density at radius 2 is 1.65 bits per heavy atom. The highest BCUT2D eigenvalue weighted by Gasteiger charge is 2.19. The molecule has 0 bridgehead atoms. The minimum Gasteiger partial charge on any atom is -0.464 e. The van der Waals surface area contributed by atoms with Crippen LogP contribution in [0.5, 0.6) is 0 Å². The van der Waals surface area contributed by atoms with E-state index in [-0.39, 0.29) is 0 Å². The van der Waals surface area contributed by atoms with Gasteiger partial charge in [-0.25, -0.2) is 4.21 Å². The second kappa shape index (κ2) is 4.78. The topological polar surface area (TPSA) is 30.2 Å². The van der Waals surface area contributed by atoms with Crippen molar-refractivity contribution in [2.24, 2.45) is 0 Å². The summed E-state index contributed by atoms with van der Waals surface area (Å²) in [5, 5.41) is 0. The van der Waals surface area contributed by atoms with Gasteiger partial charge >= 0.3 is 0 Å². The van der Waals surface area contributed by atoms with Crippen molar-refractivity contribution in [3.8, 4) is 0 Å². The van der Waals surface area contributed by atoms with E-state index in [2.05, 4.69) is 15.9 Å². The van der Waals surface area contributed by atoms with Gasteiger partial charge in [0, 0.05) is 4.90 Å². The van der Waals surface area contributed by atoms with Crippen LogP contribution in [0.3, 0.4) is 0 Å². The van der Waals surface area contributed by atoms with Crippen molar-refractivity contribution in [2.45, 2.75) is 30.6 Å². The van der Waals surface area contributed by atoms with E-state index < -0.39 is 10.8 Å². The lowest BCUT2D eigenvalue weighted by atomic mass is 10.2. The van der Waals surface area contributed by atoms with Crippen LogP contribution in [0.4, 0.5) is 0 Å². The molecule has 1 aromatic carbocycles. The van der Waals surface area contributed by atoms with Gasteiger partial charge < -0.3 is 4.42 Å². The lowest BCUT2D eigenvalue weighted by Crippen LogP contribution is -1.94. The van der Waals surface area contributed by atoms with Gasteiger partial charge in [0.25, 0.3) is 0 Å². The van der Waals surface area contributed by atoms with Crippen molar-refractivity contribution in [3.05, 3.63) is 45.8 Å². The Hall–Kier alpha value is -0.870. The largest absolute Gasteiger partial charge is 0.464 e. The van der Waals surface area contributed by atoms with Crippen LogP contribution in [-0.4, -0.2) is 4.21 Å². The van der Waals surface area contributed by atoms with Crippen LogP contribution >= 0.6 is 15.9 Å². The maximum Gasteiger partial charge on any atom is 0.118 e. The van der Waals surface area contributed by atoms with Gasteiger partial charge in [0.15, 0.2) is 0 Å². The molecule has 0 aliphatic heterocycles. The minimum absolute atomic E-state index is 0.702. The second-order valence-corrected chi connectivity index (χ2v) is 6.15. The molecule has 0 fully saturated rings. The van der Waals surface area contributed by atoms with Crippen LogP contribution in [0.15, 0.2) is 42.9 Å². The van der Waals surface area contributed by atoms with E-state index in [1.165, 1.54) is 0 Å². The molecular weight excluding hydrogens is 300 g/mol. The molecule has 0 aliphatic rings. The van der Waals surface area contributed by atoms with Crippen molar-refractivity contribution in [2.75, 3.05) is 0 Å². The first kappa shape index (κ1) is 12.6. The second-order valence-electron chi connectivity index (χ2n) is 3.94. The number of benzene rings is 1. The maximum atomic E-state index is 12.4. The van der Waals surface area contributed by atoms with Gasteiger partial charge in [0.2, 0.25) is 0 Å². The maximum absolute atomic E-state index is 12.4. The van der Waals surface area contributed by atoms with E-state index in [4.69, 9.17) is 4.42 Å². The Labute approximate surface area is 112 Å². The molecule has 17 heavy (non-hydrogen) atoms. The van der Waals surface area contributed by atoms with Gasteiger partial charge in [-0.3, -0.25) is 0 Å². The zero-order valence-corrected chi connectivity index (χ0v) is 12.3. The fourth-order valence-electron chi connectivity index (χ4n) is 1.63. The molecule has 0 aliphatic carbocycles. The standard InChI is InChI=1S/C13H13BrO2S/c1-8-4-6-11(7-5-8)17(15)13-10(3)16-9(2)12(13)14/h4-7H,1-3H3. The molecule has 0 spiro atoms. The molecular formula is C13H13BrO2S. The van der Waals surface area contributed by atoms with E-state index in [1.807, 2.05) is 45.0 Å². The number of aryl methyl sites for hydroxylation is 3. The summed E-state index contributed by atoms with van der Waals surface area (Å²) in [6, 6.07) is 7.70. The number of halogens is 1. The third-order valence-electron chi connectivity index (χ3n) is 2.55. The fraction of sp³-hybridized carbons (Fsp3) is 0.231. The molecule has 4 heteroatoms. The summed E-state index contributed by atoms with van der Waals surface area (Å²) in [6.45, 7) is 5.70. The van der Waals surface area contributed by atoms with Crippen LogP contribution in [0.2, 0.25) is 0 Å². The quantitative estimate of drug-likeness (QED) is 0.834. The molecule has 0 saturated carbocycles. The van der Waals surface area contributed by atoms with E-state index in [0.717, 1.165) is 25.6 Å². The molecule has 2 aromatic rings. The third kappa shape index (κ3) is 2.38. The predicted molar refractivity (Wildman–Crippen MR) is 71.7 cm³/mol. The number of furan rings is 1. The molecule has 2 nitrogen and oxygen atoms in total. The Bertz CT molecular complexity index is 570. The van der Waals surface area contributed by atoms with Crippen molar-refractivity contribution in [3.63, 3.8) is 0 Å². The van der Waals surface area contributed by atoms with E-state index in [9.17, 15) is 4.21 Å². The Morgan fingerprint density at radius 1 is 1.06 bits per heavy atom. The molecule has 1 heterocycles. The summed E-state index contributed by atoms with van der Waals surface area (Å²) in [5.74, 6) is 1.46. The van der Waals surface area contributed by atoms with Crippen LogP contribution in [-0.2, 0) is 10.8 Å². The molecule has 0 radical (unpaired) electrons. The first-order valence-electron chi connectivity index (χ1n) is 5.24. The number of hydrogen-bond acceptors (Lipinski definition) is 2. The van der Waals surface area contributed by atoms with Crippen molar-refractivity contribution in [1.82, 2.24) is 0 Å². The molecule has 1 aromatic heterocycles. The lowest BCUT2D eigenvalue weighted by Gasteiger charge is -2.02. The Morgan fingerprint density at radius 3 is 2.12 bits per heavy atom. The van der Waals surface area contributed by atoms with Crippen LogP contribution in [0.25, 0.3) is 0 Å². The highest BCUT2D eigenvalue weighted by Crippen LogP contribution is 2.32. The monoisotopic (exact) mass is 312 g/mol. The SMILES string of the molecule is Cc1ccc(S(=O)c2c(C)oc(C)c2Br)cc1. The van der Waals surface area contributed by atoms with E-state index in [0.29, 0.717) is 5.76 Å². The third-order valence-corrected chi connectivity index (χ3v) is 5.33. The summed E-state index contributed by atoms with van der Waals surface area (Å²) >= 11 is 3.43. The normalized spacial score (nSPS) is 12.7. The van der Waals surface area contributed by atoms with Crippen molar-refractivity contribution < 1.29 is 8.63 Å².